The largest absolute Gasteiger partial charge is 0.365 e. The second kappa shape index (κ2) is 6.86. The molecule has 10 heteroatoms. The number of hydrogen-bond acceptors (Lipinski definition) is 5. The van der Waals surface area contributed by atoms with Gasteiger partial charge < -0.3 is 25.9 Å². The Morgan fingerprint density at radius 1 is 1.26 bits per heavy atom. The van der Waals surface area contributed by atoms with Gasteiger partial charge in [-0.05, 0) is 31.4 Å². The predicted molar refractivity (Wildman–Crippen MR) is 117 cm³/mol. The summed E-state index contributed by atoms with van der Waals surface area (Å²) in [6.45, 7) is 3.31. The maximum Gasteiger partial charge on any atom is 0.254 e. The lowest BCUT2D eigenvalue weighted by Gasteiger charge is -2.32. The number of imidazole rings is 1. The molecule has 3 aromatic heterocycles. The molecule has 1 aliphatic heterocycles. The minimum absolute atomic E-state index is 0.00740. The van der Waals surface area contributed by atoms with E-state index in [0.29, 0.717) is 40.9 Å². The van der Waals surface area contributed by atoms with Gasteiger partial charge in [-0.3, -0.25) is 18.8 Å². The first-order valence-corrected chi connectivity index (χ1v) is 10.2. The van der Waals surface area contributed by atoms with Gasteiger partial charge in [0.2, 0.25) is 11.3 Å². The first kappa shape index (κ1) is 19.2. The molecule has 1 saturated heterocycles. The summed E-state index contributed by atoms with van der Waals surface area (Å²) in [6, 6.07) is 3.23. The van der Waals surface area contributed by atoms with Crippen LogP contribution in [0.2, 0.25) is 0 Å². The van der Waals surface area contributed by atoms with Crippen LogP contribution in [0.5, 0.6) is 0 Å². The number of primary amides is 1. The summed E-state index contributed by atoms with van der Waals surface area (Å²) in [4.78, 5) is 49.8. The first-order valence-electron chi connectivity index (χ1n) is 10.2. The molecule has 1 fully saturated rings. The standard InChI is InChI=1S/C21H23N7O3/c1-10-3-4-12(29)15-17(10)28-19(26-15)14(18(22)30)16-20(28)24-9-13(25-16)27-7-5-11(6-8-27)21(31)23-2/h3-4,9,11,24-25H,5-8H2,1-2H3,(H2,22,30)(H,23,31). The Hall–Kier alpha value is -3.82. The Morgan fingerprint density at radius 2 is 2.00 bits per heavy atom. The molecular weight excluding hydrogens is 398 g/mol. The van der Waals surface area contributed by atoms with E-state index in [0.717, 1.165) is 24.2 Å². The molecule has 5 rings (SSSR count). The Bertz CT molecular complexity index is 1420. The van der Waals surface area contributed by atoms with Crippen molar-refractivity contribution in [3.05, 3.63) is 39.7 Å². The van der Waals surface area contributed by atoms with Crippen LogP contribution < -0.4 is 21.4 Å². The molecule has 0 unspecified atom stereocenters. The summed E-state index contributed by atoms with van der Waals surface area (Å²) >= 11 is 0. The summed E-state index contributed by atoms with van der Waals surface area (Å²) in [5, 5.41) is 2.71. The minimum atomic E-state index is -0.625. The van der Waals surface area contributed by atoms with Gasteiger partial charge in [0.25, 0.3) is 5.91 Å². The molecule has 0 spiro atoms. The maximum absolute atomic E-state index is 12.4. The van der Waals surface area contributed by atoms with E-state index in [1.165, 1.54) is 6.07 Å². The fourth-order valence-corrected chi connectivity index (χ4v) is 4.59. The number of nitrogens with two attached hydrogens (primary N) is 1. The molecule has 0 bridgehead atoms. The van der Waals surface area contributed by atoms with Crippen molar-refractivity contribution in [2.45, 2.75) is 19.8 Å². The Labute approximate surface area is 176 Å². The van der Waals surface area contributed by atoms with Crippen molar-refractivity contribution in [1.82, 2.24) is 24.7 Å². The Balaban J connectivity index is 1.66. The van der Waals surface area contributed by atoms with Crippen molar-refractivity contribution in [3.8, 4) is 0 Å². The molecule has 1 aliphatic rings. The number of amides is 2. The second-order valence-corrected chi connectivity index (χ2v) is 7.99. The summed E-state index contributed by atoms with van der Waals surface area (Å²) in [6.07, 6.45) is 3.32. The van der Waals surface area contributed by atoms with Crippen LogP contribution in [-0.2, 0) is 4.79 Å². The van der Waals surface area contributed by atoms with Crippen LogP contribution in [0.4, 0.5) is 5.82 Å². The summed E-state index contributed by atoms with van der Waals surface area (Å²) in [7, 11) is 1.66. The van der Waals surface area contributed by atoms with E-state index in [9.17, 15) is 14.4 Å². The number of H-pyrrole nitrogens is 2. The highest BCUT2D eigenvalue weighted by molar-refractivity contribution is 6.12. The number of piperidine rings is 1. The third-order valence-electron chi connectivity index (χ3n) is 6.20. The van der Waals surface area contributed by atoms with Crippen LogP contribution in [0.25, 0.3) is 27.8 Å². The zero-order valence-corrected chi connectivity index (χ0v) is 17.3. The van der Waals surface area contributed by atoms with E-state index in [2.05, 4.69) is 25.2 Å². The SMILES string of the molecule is CNC(=O)C1CCN(c2c[nH]c3c([nH]2)c(C(N)=O)c2nc4c(=O)ccc(C)c4n23)CC1. The zero-order chi connectivity index (χ0) is 21.9. The van der Waals surface area contributed by atoms with Gasteiger partial charge >= 0.3 is 0 Å². The number of anilines is 1. The molecule has 4 aromatic rings. The van der Waals surface area contributed by atoms with Crippen molar-refractivity contribution in [2.75, 3.05) is 25.0 Å². The molecule has 10 nitrogen and oxygen atoms in total. The van der Waals surface area contributed by atoms with E-state index < -0.39 is 5.91 Å². The number of aryl methyl sites for hydroxylation is 1. The summed E-state index contributed by atoms with van der Waals surface area (Å²) in [5.41, 5.74) is 9.11. The molecule has 2 amide bonds. The number of nitrogens with one attached hydrogen (secondary N) is 3. The van der Waals surface area contributed by atoms with Gasteiger partial charge in [0.1, 0.15) is 22.5 Å². The molecule has 1 aromatic carbocycles. The molecule has 160 valence electrons. The zero-order valence-electron chi connectivity index (χ0n) is 17.3. The van der Waals surface area contributed by atoms with Crippen molar-refractivity contribution >= 4 is 45.5 Å². The highest BCUT2D eigenvalue weighted by atomic mass is 16.2. The molecule has 4 heterocycles. The number of nitrogens with zero attached hydrogens (tertiary/aromatic N) is 3. The number of hydrogen-bond donors (Lipinski definition) is 4. The molecule has 0 atom stereocenters. The monoisotopic (exact) mass is 421 g/mol. The highest BCUT2D eigenvalue weighted by Gasteiger charge is 2.27. The van der Waals surface area contributed by atoms with Gasteiger partial charge in [-0.15, -0.1) is 0 Å². The fourth-order valence-electron chi connectivity index (χ4n) is 4.59. The lowest BCUT2D eigenvalue weighted by molar-refractivity contribution is -0.125. The number of aromatic nitrogens is 4. The van der Waals surface area contributed by atoms with Crippen molar-refractivity contribution in [2.24, 2.45) is 11.7 Å². The predicted octanol–water partition coefficient (Wildman–Crippen LogP) is 1.03. The van der Waals surface area contributed by atoms with Crippen LogP contribution >= 0.6 is 0 Å². The number of carbonyl (C=O) groups is 2. The van der Waals surface area contributed by atoms with Gasteiger partial charge in [-0.2, -0.15) is 0 Å². The average molecular weight is 421 g/mol. The first-order chi connectivity index (χ1) is 14.9. The molecule has 31 heavy (non-hydrogen) atoms. The highest BCUT2D eigenvalue weighted by Crippen LogP contribution is 2.30. The molecule has 0 aliphatic carbocycles. The van der Waals surface area contributed by atoms with Crippen LogP contribution in [0.15, 0.2) is 23.1 Å². The van der Waals surface area contributed by atoms with Gasteiger partial charge in [0, 0.05) is 32.3 Å². The average Bonchev–Trinajstić information content (AvgIpc) is 3.30. The molecule has 0 saturated carbocycles. The number of rotatable bonds is 3. The van der Waals surface area contributed by atoms with Crippen molar-refractivity contribution in [3.63, 3.8) is 0 Å². The number of carbonyl (C=O) groups excluding carboxylic acids is 2. The van der Waals surface area contributed by atoms with Crippen molar-refractivity contribution < 1.29 is 9.59 Å². The van der Waals surface area contributed by atoms with Crippen LogP contribution in [0.3, 0.4) is 0 Å². The lowest BCUT2D eigenvalue weighted by atomic mass is 9.96. The molecular formula is C21H23N7O3. The van der Waals surface area contributed by atoms with Gasteiger partial charge in [-0.25, -0.2) is 4.98 Å². The molecule has 0 radical (unpaired) electrons. The number of aromatic amines is 2. The minimum Gasteiger partial charge on any atom is -0.365 e. The van der Waals surface area contributed by atoms with Crippen LogP contribution in [0, 0.1) is 12.8 Å². The van der Waals surface area contributed by atoms with Gasteiger partial charge in [0.15, 0.2) is 5.65 Å². The van der Waals surface area contributed by atoms with E-state index in [1.807, 2.05) is 13.1 Å². The van der Waals surface area contributed by atoms with E-state index in [-0.39, 0.29) is 22.8 Å². The topological polar surface area (TPSA) is 141 Å². The van der Waals surface area contributed by atoms with E-state index in [4.69, 9.17) is 5.73 Å². The fraction of sp³-hybridized carbons (Fsp3) is 0.333. The lowest BCUT2D eigenvalue weighted by Crippen LogP contribution is -2.40. The van der Waals surface area contributed by atoms with Crippen LogP contribution in [0.1, 0.15) is 28.8 Å². The summed E-state index contributed by atoms with van der Waals surface area (Å²) < 4.78 is 1.78. The van der Waals surface area contributed by atoms with E-state index in [1.54, 1.807) is 17.5 Å². The third-order valence-corrected chi connectivity index (χ3v) is 6.20. The summed E-state index contributed by atoms with van der Waals surface area (Å²) in [5.74, 6) is 0.247. The van der Waals surface area contributed by atoms with Crippen LogP contribution in [-0.4, -0.2) is 51.3 Å². The second-order valence-electron chi connectivity index (χ2n) is 7.99. The Morgan fingerprint density at radius 3 is 2.68 bits per heavy atom. The quantitative estimate of drug-likeness (QED) is 0.391. The van der Waals surface area contributed by atoms with E-state index >= 15 is 0 Å². The number of fused-ring (bicyclic) bond motifs is 5. The van der Waals surface area contributed by atoms with Gasteiger partial charge in [-0.1, -0.05) is 6.07 Å². The third kappa shape index (κ3) is 2.78. The van der Waals surface area contributed by atoms with Crippen molar-refractivity contribution in [1.29, 1.82) is 0 Å². The smallest absolute Gasteiger partial charge is 0.254 e. The number of benzene rings is 1. The normalized spacial score (nSPS) is 15.2. The molecule has 5 N–H and O–H groups in total. The van der Waals surface area contributed by atoms with Gasteiger partial charge in [0.05, 0.1) is 11.0 Å². The maximum atomic E-state index is 12.4. The Kier molecular flexibility index (Phi) is 4.24.